The van der Waals surface area contributed by atoms with Crippen LogP contribution in [0.5, 0.6) is 5.75 Å². The van der Waals surface area contributed by atoms with Crippen LogP contribution in [-0.2, 0) is 22.3 Å². The van der Waals surface area contributed by atoms with Crippen LogP contribution in [0.3, 0.4) is 0 Å². The van der Waals surface area contributed by atoms with Crippen molar-refractivity contribution in [2.45, 2.75) is 25.7 Å². The van der Waals surface area contributed by atoms with Gasteiger partial charge in [0.25, 0.3) is 11.7 Å². The van der Waals surface area contributed by atoms with Crippen LogP contribution < -0.4 is 4.74 Å². The first-order valence-corrected chi connectivity index (χ1v) is 10.8. The summed E-state index contributed by atoms with van der Waals surface area (Å²) >= 11 is 0. The number of hydrogen-bond donors (Lipinski definition) is 1. The van der Waals surface area contributed by atoms with Crippen LogP contribution in [0.25, 0.3) is 5.76 Å². The van der Waals surface area contributed by atoms with Gasteiger partial charge in [0, 0.05) is 24.5 Å². The lowest BCUT2D eigenvalue weighted by Crippen LogP contribution is -2.29. The number of hydrogen-bond acceptors (Lipinski definition) is 5. The van der Waals surface area contributed by atoms with Crippen molar-refractivity contribution in [2.24, 2.45) is 0 Å². The number of nitrogens with zero attached hydrogens (tertiary/aromatic N) is 2. The third kappa shape index (κ3) is 4.89. The molecular weight excluding hydrogens is 461 g/mol. The third-order valence-electron chi connectivity index (χ3n) is 5.57. The molecule has 1 aliphatic heterocycles. The van der Waals surface area contributed by atoms with E-state index >= 15 is 0 Å². The van der Waals surface area contributed by atoms with E-state index in [1.807, 2.05) is 0 Å². The van der Waals surface area contributed by atoms with Crippen molar-refractivity contribution in [2.75, 3.05) is 6.61 Å². The second-order valence-electron chi connectivity index (χ2n) is 7.87. The average molecular weight is 482 g/mol. The lowest BCUT2D eigenvalue weighted by Gasteiger charge is -2.25. The summed E-state index contributed by atoms with van der Waals surface area (Å²) < 4.78 is 45.1. The number of rotatable bonds is 6. The van der Waals surface area contributed by atoms with Crippen molar-refractivity contribution in [3.8, 4) is 5.75 Å². The van der Waals surface area contributed by atoms with E-state index in [1.165, 1.54) is 24.5 Å². The number of Topliss-reactive ketones (excluding diaryl/α,β-unsaturated/α-hetero) is 1. The summed E-state index contributed by atoms with van der Waals surface area (Å²) in [4.78, 5) is 31.4. The van der Waals surface area contributed by atoms with Crippen molar-refractivity contribution >= 4 is 17.4 Å². The van der Waals surface area contributed by atoms with E-state index in [0.717, 1.165) is 17.0 Å². The number of carbonyl (C=O) groups excluding carboxylic acids is 2. The molecule has 1 unspecified atom stereocenters. The second kappa shape index (κ2) is 9.61. The minimum Gasteiger partial charge on any atom is -0.507 e. The molecule has 1 N–H and O–H groups in total. The first kappa shape index (κ1) is 24.0. The highest BCUT2D eigenvalue weighted by molar-refractivity contribution is 6.46. The lowest BCUT2D eigenvalue weighted by molar-refractivity contribution is -0.140. The predicted octanol–water partition coefficient (Wildman–Crippen LogP) is 5.12. The molecule has 0 bridgehead atoms. The second-order valence-corrected chi connectivity index (χ2v) is 7.87. The van der Waals surface area contributed by atoms with Gasteiger partial charge >= 0.3 is 6.18 Å². The summed E-state index contributed by atoms with van der Waals surface area (Å²) in [5.41, 5.74) is -0.155. The van der Waals surface area contributed by atoms with Crippen molar-refractivity contribution in [3.05, 3.63) is 101 Å². The number of aliphatic hydroxyl groups is 1. The summed E-state index contributed by atoms with van der Waals surface area (Å²) in [6.45, 7) is 1.92. The molecule has 4 rings (SSSR count). The van der Waals surface area contributed by atoms with Gasteiger partial charge in [-0.1, -0.05) is 30.3 Å². The molecule has 0 aliphatic carbocycles. The molecule has 180 valence electrons. The highest BCUT2D eigenvalue weighted by Gasteiger charge is 2.46. The fraction of sp³-hybridized carbons (Fsp3) is 0.192. The molecule has 6 nitrogen and oxygen atoms in total. The van der Waals surface area contributed by atoms with Crippen molar-refractivity contribution < 1.29 is 32.6 Å². The number of ketones is 1. The lowest BCUT2D eigenvalue weighted by atomic mass is 9.96. The Hall–Kier alpha value is -4.14. The van der Waals surface area contributed by atoms with Gasteiger partial charge in [0.2, 0.25) is 0 Å². The van der Waals surface area contributed by atoms with Crippen LogP contribution in [0.15, 0.2) is 78.6 Å². The first-order chi connectivity index (χ1) is 16.7. The van der Waals surface area contributed by atoms with Gasteiger partial charge in [0.05, 0.1) is 23.8 Å². The first-order valence-electron chi connectivity index (χ1n) is 10.8. The number of alkyl halides is 3. The van der Waals surface area contributed by atoms with Gasteiger partial charge in [-0.3, -0.25) is 14.6 Å². The zero-order chi connectivity index (χ0) is 25.2. The number of amides is 1. The zero-order valence-electron chi connectivity index (χ0n) is 18.6. The maximum atomic E-state index is 13.2. The molecule has 0 saturated carbocycles. The molecule has 1 atom stereocenters. The number of likely N-dealkylation sites (tertiary alicyclic amines) is 1. The number of carbonyl (C=O) groups is 2. The Morgan fingerprint density at radius 3 is 2.54 bits per heavy atom. The quantitative estimate of drug-likeness (QED) is 0.300. The molecular formula is C26H21F3N2O4. The van der Waals surface area contributed by atoms with E-state index in [1.54, 1.807) is 43.3 Å². The highest BCUT2D eigenvalue weighted by atomic mass is 19.4. The molecule has 9 heteroatoms. The molecule has 2 heterocycles. The van der Waals surface area contributed by atoms with Crippen LogP contribution in [-0.4, -0.2) is 33.3 Å². The number of aliphatic hydroxyl groups excluding tert-OH is 1. The number of ether oxygens (including phenoxy) is 1. The largest absolute Gasteiger partial charge is 0.507 e. The molecule has 0 spiro atoms. The average Bonchev–Trinajstić information content (AvgIpc) is 3.09. The Balaban J connectivity index is 1.81. The summed E-state index contributed by atoms with van der Waals surface area (Å²) in [5.74, 6) is -1.82. The maximum absolute atomic E-state index is 13.2. The van der Waals surface area contributed by atoms with Gasteiger partial charge in [0.1, 0.15) is 11.5 Å². The molecule has 1 amide bonds. The maximum Gasteiger partial charge on any atom is 0.416 e. The molecule has 2 aromatic carbocycles. The van der Waals surface area contributed by atoms with Crippen LogP contribution in [0.1, 0.15) is 35.2 Å². The van der Waals surface area contributed by atoms with Crippen LogP contribution >= 0.6 is 0 Å². The van der Waals surface area contributed by atoms with Crippen molar-refractivity contribution in [1.29, 1.82) is 0 Å². The zero-order valence-corrected chi connectivity index (χ0v) is 18.6. The van der Waals surface area contributed by atoms with E-state index in [0.29, 0.717) is 17.9 Å². The van der Waals surface area contributed by atoms with E-state index in [4.69, 9.17) is 4.74 Å². The Labute approximate surface area is 199 Å². The number of benzene rings is 2. The molecule has 0 radical (unpaired) electrons. The van der Waals surface area contributed by atoms with Gasteiger partial charge < -0.3 is 14.7 Å². The number of halogens is 3. The molecule has 1 aromatic heterocycles. The Kier molecular flexibility index (Phi) is 6.59. The SMILES string of the molecule is CCOc1cccc(/C(O)=C2\C(=O)C(=O)N(Cc3cccc(C(F)(F)F)c3)C2c2cccnc2)c1. The molecule has 1 aliphatic rings. The smallest absolute Gasteiger partial charge is 0.416 e. The summed E-state index contributed by atoms with van der Waals surface area (Å²) in [6, 6.07) is 13.2. The van der Waals surface area contributed by atoms with E-state index in [-0.39, 0.29) is 23.2 Å². The van der Waals surface area contributed by atoms with Gasteiger partial charge in [0.15, 0.2) is 0 Å². The fourth-order valence-corrected chi connectivity index (χ4v) is 4.03. The van der Waals surface area contributed by atoms with Gasteiger partial charge in [-0.05, 0) is 48.4 Å². The van der Waals surface area contributed by atoms with Gasteiger partial charge in [-0.2, -0.15) is 13.2 Å². The predicted molar refractivity (Wildman–Crippen MR) is 121 cm³/mol. The normalized spacial score (nSPS) is 17.6. The number of aromatic nitrogens is 1. The van der Waals surface area contributed by atoms with Crippen LogP contribution in [0, 0.1) is 0 Å². The fourth-order valence-electron chi connectivity index (χ4n) is 4.03. The van der Waals surface area contributed by atoms with E-state index in [2.05, 4.69) is 4.98 Å². The monoisotopic (exact) mass is 482 g/mol. The summed E-state index contributed by atoms with van der Waals surface area (Å²) in [7, 11) is 0. The third-order valence-corrected chi connectivity index (χ3v) is 5.57. The summed E-state index contributed by atoms with van der Waals surface area (Å²) in [5, 5.41) is 11.1. The Morgan fingerprint density at radius 2 is 1.86 bits per heavy atom. The molecule has 1 saturated heterocycles. The molecule has 3 aromatic rings. The van der Waals surface area contributed by atoms with Gasteiger partial charge in [-0.15, -0.1) is 0 Å². The molecule has 35 heavy (non-hydrogen) atoms. The van der Waals surface area contributed by atoms with Crippen LogP contribution in [0.2, 0.25) is 0 Å². The Morgan fingerprint density at radius 1 is 1.09 bits per heavy atom. The topological polar surface area (TPSA) is 79.7 Å². The standard InChI is InChI=1S/C26H21F3N2O4/c1-2-35-20-10-4-7-17(13-20)23(32)21-22(18-8-5-11-30-14-18)31(25(34)24(21)33)15-16-6-3-9-19(12-16)26(27,28)29/h3-14,22,32H,2,15H2,1H3/b23-21+. The minimum atomic E-state index is -4.56. The summed E-state index contributed by atoms with van der Waals surface area (Å²) in [6.07, 6.45) is -1.61. The van der Waals surface area contributed by atoms with E-state index in [9.17, 15) is 27.9 Å². The highest BCUT2D eigenvalue weighted by Crippen LogP contribution is 2.40. The van der Waals surface area contributed by atoms with Gasteiger partial charge in [-0.25, -0.2) is 0 Å². The van der Waals surface area contributed by atoms with Crippen molar-refractivity contribution in [1.82, 2.24) is 9.88 Å². The van der Waals surface area contributed by atoms with Crippen molar-refractivity contribution in [3.63, 3.8) is 0 Å². The number of pyridine rings is 1. The minimum absolute atomic E-state index is 0.177. The van der Waals surface area contributed by atoms with E-state index < -0.39 is 35.2 Å². The van der Waals surface area contributed by atoms with Crippen LogP contribution in [0.4, 0.5) is 13.2 Å². The molecule has 1 fully saturated rings. The Bertz CT molecular complexity index is 1290.